The molecule has 0 saturated carbocycles. The van der Waals surface area contributed by atoms with Gasteiger partial charge in [0.05, 0.1) is 6.61 Å². The number of hydrogen-bond donors (Lipinski definition) is 0. The fraction of sp³-hybridized carbons (Fsp3) is 0.333. The molecule has 0 amide bonds. The van der Waals surface area contributed by atoms with Gasteiger partial charge in [-0.25, -0.2) is 4.79 Å². The van der Waals surface area contributed by atoms with Crippen molar-refractivity contribution in [2.75, 3.05) is 12.9 Å². The summed E-state index contributed by atoms with van der Waals surface area (Å²) >= 11 is 2.68. The molecule has 0 fully saturated rings. The van der Waals surface area contributed by atoms with Gasteiger partial charge in [-0.15, -0.1) is 5.10 Å². The maximum atomic E-state index is 11.7. The smallest absolute Gasteiger partial charge is 0.357 e. The van der Waals surface area contributed by atoms with Crippen LogP contribution in [0.1, 0.15) is 17.4 Å². The van der Waals surface area contributed by atoms with Crippen molar-refractivity contribution >= 4 is 34.0 Å². The second kappa shape index (κ2) is 4.84. The van der Waals surface area contributed by atoms with Crippen LogP contribution in [0.4, 0.5) is 0 Å². The first-order valence-corrected chi connectivity index (χ1v) is 6.82. The molecular formula is C9H9N3O3S2. The van der Waals surface area contributed by atoms with Crippen LogP contribution in [0, 0.1) is 0 Å². The molecule has 90 valence electrons. The molecule has 8 heteroatoms. The van der Waals surface area contributed by atoms with E-state index >= 15 is 0 Å². The Labute approximate surface area is 105 Å². The molecule has 2 heterocycles. The Bertz CT molecular complexity index is 619. The lowest BCUT2D eigenvalue weighted by Crippen LogP contribution is -2.17. The average molecular weight is 271 g/mol. The molecule has 0 aliphatic rings. The highest BCUT2D eigenvalue weighted by molar-refractivity contribution is 8.00. The minimum Gasteiger partial charge on any atom is -0.461 e. The first-order valence-electron chi connectivity index (χ1n) is 4.77. The minimum atomic E-state index is -0.569. The Morgan fingerprint density at radius 3 is 3.06 bits per heavy atom. The van der Waals surface area contributed by atoms with Crippen molar-refractivity contribution in [1.29, 1.82) is 0 Å². The van der Waals surface area contributed by atoms with Crippen LogP contribution in [0.2, 0.25) is 0 Å². The van der Waals surface area contributed by atoms with E-state index in [1.807, 2.05) is 6.26 Å². The van der Waals surface area contributed by atoms with Gasteiger partial charge >= 0.3 is 5.97 Å². The van der Waals surface area contributed by atoms with Crippen molar-refractivity contribution < 1.29 is 9.53 Å². The molecule has 0 unspecified atom stereocenters. The summed E-state index contributed by atoms with van der Waals surface area (Å²) in [4.78, 5) is 27.2. The van der Waals surface area contributed by atoms with Crippen LogP contribution in [0.5, 0.6) is 0 Å². The zero-order valence-electron chi connectivity index (χ0n) is 9.17. The van der Waals surface area contributed by atoms with Gasteiger partial charge in [0.15, 0.2) is 10.0 Å². The highest BCUT2D eigenvalue weighted by atomic mass is 32.2. The predicted octanol–water partition coefficient (Wildman–Crippen LogP) is 1.05. The number of thioether (sulfide) groups is 1. The van der Waals surface area contributed by atoms with E-state index in [4.69, 9.17) is 4.74 Å². The summed E-state index contributed by atoms with van der Waals surface area (Å²) in [5.41, 5.74) is -0.359. The van der Waals surface area contributed by atoms with E-state index in [2.05, 4.69) is 10.1 Å². The van der Waals surface area contributed by atoms with Gasteiger partial charge in [-0.1, -0.05) is 23.1 Å². The standard InChI is InChI=1S/C9H9N3O3S2/c1-3-15-7(14)5-4-6(13)10-8-12(5)11-9(16-2)17-8/h4H,3H2,1-2H3. The van der Waals surface area contributed by atoms with Crippen LogP contribution < -0.4 is 5.56 Å². The molecular weight excluding hydrogens is 262 g/mol. The third kappa shape index (κ3) is 2.32. The summed E-state index contributed by atoms with van der Waals surface area (Å²) in [5.74, 6) is -0.569. The monoisotopic (exact) mass is 271 g/mol. The summed E-state index contributed by atoms with van der Waals surface area (Å²) in [6.45, 7) is 1.95. The van der Waals surface area contributed by atoms with Crippen LogP contribution in [-0.4, -0.2) is 33.4 Å². The zero-order valence-corrected chi connectivity index (χ0v) is 10.8. The number of carbonyl (C=O) groups is 1. The van der Waals surface area contributed by atoms with Gasteiger partial charge in [-0.05, 0) is 13.2 Å². The molecule has 0 radical (unpaired) electrons. The molecule has 0 bridgehead atoms. The number of carbonyl (C=O) groups excluding carboxylic acids is 1. The predicted molar refractivity (Wildman–Crippen MR) is 64.9 cm³/mol. The van der Waals surface area contributed by atoms with Gasteiger partial charge in [0.2, 0.25) is 4.96 Å². The first-order chi connectivity index (χ1) is 8.15. The highest BCUT2D eigenvalue weighted by Crippen LogP contribution is 2.21. The normalized spacial score (nSPS) is 10.7. The summed E-state index contributed by atoms with van der Waals surface area (Å²) in [5, 5.41) is 4.17. The van der Waals surface area contributed by atoms with Gasteiger partial charge in [-0.3, -0.25) is 4.79 Å². The maximum absolute atomic E-state index is 11.7. The lowest BCUT2D eigenvalue weighted by atomic mass is 10.4. The van der Waals surface area contributed by atoms with Crippen LogP contribution in [0.15, 0.2) is 15.2 Å². The van der Waals surface area contributed by atoms with Gasteiger partial charge in [0.25, 0.3) is 5.56 Å². The molecule has 17 heavy (non-hydrogen) atoms. The van der Waals surface area contributed by atoms with Crippen molar-refractivity contribution in [3.05, 3.63) is 22.1 Å². The molecule has 0 aromatic carbocycles. The van der Waals surface area contributed by atoms with Gasteiger partial charge in [0.1, 0.15) is 0 Å². The number of fused-ring (bicyclic) bond motifs is 1. The fourth-order valence-corrected chi connectivity index (χ4v) is 2.59. The topological polar surface area (TPSA) is 73.6 Å². The summed E-state index contributed by atoms with van der Waals surface area (Å²) in [6.07, 6.45) is 1.86. The minimum absolute atomic E-state index is 0.110. The lowest BCUT2D eigenvalue weighted by molar-refractivity contribution is 0.0515. The number of nitrogens with zero attached hydrogens (tertiary/aromatic N) is 3. The second-order valence-corrected chi connectivity index (χ2v) is 4.98. The molecule has 0 saturated heterocycles. The molecule has 2 aromatic rings. The van der Waals surface area contributed by atoms with Crippen LogP contribution in [0.25, 0.3) is 4.96 Å². The number of esters is 1. The van der Waals surface area contributed by atoms with Crippen LogP contribution >= 0.6 is 23.1 Å². The van der Waals surface area contributed by atoms with E-state index in [9.17, 15) is 9.59 Å². The molecule has 0 spiro atoms. The molecule has 6 nitrogen and oxygen atoms in total. The van der Waals surface area contributed by atoms with E-state index in [0.29, 0.717) is 4.96 Å². The van der Waals surface area contributed by atoms with Crippen LogP contribution in [-0.2, 0) is 4.74 Å². The van der Waals surface area contributed by atoms with E-state index in [0.717, 1.165) is 10.4 Å². The maximum Gasteiger partial charge on any atom is 0.357 e. The third-order valence-electron chi connectivity index (χ3n) is 1.89. The molecule has 0 atom stereocenters. The number of aromatic nitrogens is 3. The lowest BCUT2D eigenvalue weighted by Gasteiger charge is -2.01. The van der Waals surface area contributed by atoms with Gasteiger partial charge < -0.3 is 4.74 Å². The quantitative estimate of drug-likeness (QED) is 0.613. The third-order valence-corrected chi connectivity index (χ3v) is 3.78. The average Bonchev–Trinajstić information content (AvgIpc) is 2.70. The molecule has 0 N–H and O–H groups in total. The summed E-state index contributed by atoms with van der Waals surface area (Å²) in [7, 11) is 0. The zero-order chi connectivity index (χ0) is 12.4. The van der Waals surface area contributed by atoms with Crippen molar-refractivity contribution in [2.45, 2.75) is 11.3 Å². The van der Waals surface area contributed by atoms with Crippen molar-refractivity contribution in [3.8, 4) is 0 Å². The van der Waals surface area contributed by atoms with Crippen molar-refractivity contribution in [1.82, 2.24) is 14.6 Å². The Kier molecular flexibility index (Phi) is 3.43. The molecule has 2 aromatic heterocycles. The van der Waals surface area contributed by atoms with Gasteiger partial charge in [-0.2, -0.15) is 9.50 Å². The fourth-order valence-electron chi connectivity index (χ4n) is 1.23. The second-order valence-electron chi connectivity index (χ2n) is 2.97. The number of rotatable bonds is 3. The van der Waals surface area contributed by atoms with Crippen LogP contribution in [0.3, 0.4) is 0 Å². The first kappa shape index (κ1) is 12.1. The Balaban J connectivity index is 2.64. The summed E-state index contributed by atoms with van der Waals surface area (Å²) < 4.78 is 6.94. The van der Waals surface area contributed by atoms with Gasteiger partial charge in [0, 0.05) is 6.07 Å². The van der Waals surface area contributed by atoms with Crippen molar-refractivity contribution in [3.63, 3.8) is 0 Å². The van der Waals surface area contributed by atoms with E-state index in [1.165, 1.54) is 27.6 Å². The van der Waals surface area contributed by atoms with Crippen molar-refractivity contribution in [2.24, 2.45) is 0 Å². The highest BCUT2D eigenvalue weighted by Gasteiger charge is 2.16. The largest absolute Gasteiger partial charge is 0.461 e. The van der Waals surface area contributed by atoms with E-state index < -0.39 is 11.5 Å². The Morgan fingerprint density at radius 2 is 2.41 bits per heavy atom. The molecule has 2 rings (SSSR count). The molecule has 0 aliphatic heterocycles. The Morgan fingerprint density at radius 1 is 1.65 bits per heavy atom. The van der Waals surface area contributed by atoms with E-state index in [1.54, 1.807) is 6.92 Å². The SMILES string of the molecule is CCOC(=O)c1cc(=O)nc2sc(SC)nn12. The Hall–Kier alpha value is -1.41. The number of hydrogen-bond acceptors (Lipinski definition) is 7. The number of ether oxygens (including phenoxy) is 1. The molecule has 0 aliphatic carbocycles. The summed E-state index contributed by atoms with van der Waals surface area (Å²) in [6, 6.07) is 1.13. The van der Waals surface area contributed by atoms with E-state index in [-0.39, 0.29) is 12.3 Å².